The normalized spacial score (nSPS) is 10.1. The van der Waals surface area contributed by atoms with Crippen molar-refractivity contribution in [2.45, 2.75) is 0 Å². The van der Waals surface area contributed by atoms with E-state index in [1.54, 1.807) is 18.2 Å². The van der Waals surface area contributed by atoms with E-state index in [1.165, 1.54) is 18.5 Å². The molecular formula is C12H7ClFNO. The van der Waals surface area contributed by atoms with Gasteiger partial charge in [0.15, 0.2) is 6.29 Å². The Morgan fingerprint density at radius 2 is 1.94 bits per heavy atom. The lowest BCUT2D eigenvalue weighted by molar-refractivity contribution is 0.112. The molecule has 0 fully saturated rings. The Kier molecular flexibility index (Phi) is 2.97. The van der Waals surface area contributed by atoms with E-state index in [4.69, 9.17) is 11.6 Å². The third-order valence-electron chi connectivity index (χ3n) is 2.22. The van der Waals surface area contributed by atoms with Gasteiger partial charge in [-0.2, -0.15) is 0 Å². The molecule has 0 aliphatic rings. The lowest BCUT2D eigenvalue weighted by Gasteiger charge is -2.06. The monoisotopic (exact) mass is 235 g/mol. The van der Waals surface area contributed by atoms with Crippen LogP contribution in [0.2, 0.25) is 5.02 Å². The van der Waals surface area contributed by atoms with Crippen LogP contribution in [-0.2, 0) is 0 Å². The van der Waals surface area contributed by atoms with Crippen molar-refractivity contribution in [1.82, 2.24) is 4.98 Å². The van der Waals surface area contributed by atoms with Crippen LogP contribution in [-0.4, -0.2) is 11.3 Å². The maximum Gasteiger partial charge on any atom is 0.152 e. The van der Waals surface area contributed by atoms with Crippen molar-refractivity contribution < 1.29 is 9.18 Å². The minimum atomic E-state index is -0.408. The maximum atomic E-state index is 13.5. The average Bonchev–Trinajstić information content (AvgIpc) is 2.29. The van der Waals surface area contributed by atoms with Crippen LogP contribution in [0.1, 0.15) is 10.4 Å². The largest absolute Gasteiger partial charge is 0.298 e. The molecule has 0 radical (unpaired) electrons. The SMILES string of the molecule is O=Cc1c(Cl)cncc1-c1ccccc1F. The number of hydrogen-bond donors (Lipinski definition) is 0. The van der Waals surface area contributed by atoms with Crippen molar-refractivity contribution >= 4 is 17.9 Å². The molecule has 2 rings (SSSR count). The molecule has 2 aromatic rings. The van der Waals surface area contributed by atoms with Crippen LogP contribution in [0.5, 0.6) is 0 Å². The second-order valence-corrected chi connectivity index (χ2v) is 3.59. The zero-order valence-corrected chi connectivity index (χ0v) is 8.91. The molecule has 0 aliphatic carbocycles. The first-order valence-electron chi connectivity index (χ1n) is 4.57. The molecule has 0 spiro atoms. The number of carbonyl (C=O) groups excluding carboxylic acids is 1. The van der Waals surface area contributed by atoms with Gasteiger partial charge in [-0.15, -0.1) is 0 Å². The van der Waals surface area contributed by atoms with E-state index >= 15 is 0 Å². The number of halogens is 2. The Balaban J connectivity index is 2.69. The number of hydrogen-bond acceptors (Lipinski definition) is 2. The summed E-state index contributed by atoms with van der Waals surface area (Å²) in [7, 11) is 0. The van der Waals surface area contributed by atoms with Crippen LogP contribution in [0.15, 0.2) is 36.7 Å². The van der Waals surface area contributed by atoms with Crippen molar-refractivity contribution in [3.8, 4) is 11.1 Å². The molecule has 0 unspecified atom stereocenters. The number of nitrogens with zero attached hydrogens (tertiary/aromatic N) is 1. The summed E-state index contributed by atoms with van der Waals surface area (Å²) in [6.07, 6.45) is 3.38. The smallest absolute Gasteiger partial charge is 0.152 e. The molecule has 0 N–H and O–H groups in total. The van der Waals surface area contributed by atoms with Crippen LogP contribution < -0.4 is 0 Å². The fraction of sp³-hybridized carbons (Fsp3) is 0. The van der Waals surface area contributed by atoms with Gasteiger partial charge in [-0.05, 0) is 6.07 Å². The first-order chi connectivity index (χ1) is 7.74. The first kappa shape index (κ1) is 10.8. The molecule has 1 aromatic carbocycles. The van der Waals surface area contributed by atoms with Crippen LogP contribution >= 0.6 is 11.6 Å². The fourth-order valence-electron chi connectivity index (χ4n) is 1.46. The predicted molar refractivity (Wildman–Crippen MR) is 60.0 cm³/mol. The average molecular weight is 236 g/mol. The third-order valence-corrected chi connectivity index (χ3v) is 2.52. The Morgan fingerprint density at radius 1 is 1.19 bits per heavy atom. The second-order valence-electron chi connectivity index (χ2n) is 3.18. The third kappa shape index (κ3) is 1.82. The van der Waals surface area contributed by atoms with Gasteiger partial charge in [0.05, 0.1) is 5.02 Å². The minimum Gasteiger partial charge on any atom is -0.298 e. The molecule has 0 atom stereocenters. The van der Waals surface area contributed by atoms with Crippen LogP contribution in [0.4, 0.5) is 4.39 Å². The van der Waals surface area contributed by atoms with Crippen molar-refractivity contribution in [2.24, 2.45) is 0 Å². The number of aldehydes is 1. The van der Waals surface area contributed by atoms with E-state index in [0.717, 1.165) is 0 Å². The zero-order valence-electron chi connectivity index (χ0n) is 8.15. The summed E-state index contributed by atoms with van der Waals surface area (Å²) in [6.45, 7) is 0. The van der Waals surface area contributed by atoms with Crippen molar-refractivity contribution in [3.05, 3.63) is 53.1 Å². The summed E-state index contributed by atoms with van der Waals surface area (Å²) >= 11 is 5.82. The van der Waals surface area contributed by atoms with E-state index in [-0.39, 0.29) is 10.6 Å². The second kappa shape index (κ2) is 4.41. The molecule has 2 nitrogen and oxygen atoms in total. The van der Waals surface area contributed by atoms with Gasteiger partial charge in [-0.25, -0.2) is 4.39 Å². The summed E-state index contributed by atoms with van der Waals surface area (Å²) in [6, 6.07) is 6.17. The van der Waals surface area contributed by atoms with Gasteiger partial charge in [0.25, 0.3) is 0 Å². The molecule has 0 amide bonds. The van der Waals surface area contributed by atoms with Gasteiger partial charge < -0.3 is 0 Å². The van der Waals surface area contributed by atoms with E-state index < -0.39 is 5.82 Å². The zero-order chi connectivity index (χ0) is 11.5. The first-order valence-corrected chi connectivity index (χ1v) is 4.95. The summed E-state index contributed by atoms with van der Waals surface area (Å²) in [4.78, 5) is 14.8. The molecule has 16 heavy (non-hydrogen) atoms. The van der Waals surface area contributed by atoms with E-state index in [2.05, 4.69) is 4.98 Å². The Morgan fingerprint density at radius 3 is 2.62 bits per heavy atom. The predicted octanol–water partition coefficient (Wildman–Crippen LogP) is 3.35. The van der Waals surface area contributed by atoms with Gasteiger partial charge in [0.1, 0.15) is 5.82 Å². The highest BCUT2D eigenvalue weighted by Gasteiger charge is 2.11. The molecule has 1 heterocycles. The maximum absolute atomic E-state index is 13.5. The van der Waals surface area contributed by atoms with Gasteiger partial charge >= 0.3 is 0 Å². The summed E-state index contributed by atoms with van der Waals surface area (Å²) < 4.78 is 13.5. The van der Waals surface area contributed by atoms with Gasteiger partial charge in [-0.3, -0.25) is 9.78 Å². The van der Waals surface area contributed by atoms with Crippen molar-refractivity contribution in [1.29, 1.82) is 0 Å². The molecule has 0 saturated heterocycles. The lowest BCUT2D eigenvalue weighted by Crippen LogP contribution is -1.93. The Labute approximate surface area is 96.7 Å². The minimum absolute atomic E-state index is 0.218. The number of benzene rings is 1. The number of aromatic nitrogens is 1. The molecule has 4 heteroatoms. The summed E-state index contributed by atoms with van der Waals surface area (Å²) in [5.41, 5.74) is 0.974. The molecular weight excluding hydrogens is 229 g/mol. The fourth-order valence-corrected chi connectivity index (χ4v) is 1.66. The highest BCUT2D eigenvalue weighted by Crippen LogP contribution is 2.28. The molecule has 0 bridgehead atoms. The Bertz CT molecular complexity index is 542. The quantitative estimate of drug-likeness (QED) is 0.747. The number of rotatable bonds is 2. The van der Waals surface area contributed by atoms with Crippen molar-refractivity contribution in [3.63, 3.8) is 0 Å². The van der Waals surface area contributed by atoms with Crippen LogP contribution in [0.25, 0.3) is 11.1 Å². The van der Waals surface area contributed by atoms with Gasteiger partial charge in [0, 0.05) is 29.1 Å². The summed E-state index contributed by atoms with van der Waals surface area (Å²) in [5, 5.41) is 0.218. The number of pyridine rings is 1. The van der Waals surface area contributed by atoms with E-state index in [1.807, 2.05) is 0 Å². The van der Waals surface area contributed by atoms with E-state index in [9.17, 15) is 9.18 Å². The highest BCUT2D eigenvalue weighted by atomic mass is 35.5. The van der Waals surface area contributed by atoms with Crippen LogP contribution in [0, 0.1) is 5.82 Å². The standard InChI is InChI=1S/C12H7ClFNO/c13-11-6-15-5-9(10(11)7-16)8-3-1-2-4-12(8)14/h1-7H. The van der Waals surface area contributed by atoms with Gasteiger partial charge in [-0.1, -0.05) is 29.8 Å². The molecule has 80 valence electrons. The Hall–Kier alpha value is -1.74. The highest BCUT2D eigenvalue weighted by molar-refractivity contribution is 6.33. The molecule has 0 aliphatic heterocycles. The topological polar surface area (TPSA) is 30.0 Å². The van der Waals surface area contributed by atoms with Crippen LogP contribution in [0.3, 0.4) is 0 Å². The molecule has 0 saturated carbocycles. The van der Waals surface area contributed by atoms with E-state index in [0.29, 0.717) is 17.4 Å². The lowest BCUT2D eigenvalue weighted by atomic mass is 10.0. The number of carbonyl (C=O) groups is 1. The van der Waals surface area contributed by atoms with Crippen molar-refractivity contribution in [2.75, 3.05) is 0 Å². The van der Waals surface area contributed by atoms with Gasteiger partial charge in [0.2, 0.25) is 0 Å². The molecule has 1 aromatic heterocycles. The summed E-state index contributed by atoms with van der Waals surface area (Å²) in [5.74, 6) is -0.408.